The maximum Gasteiger partial charge on any atom is 0.257 e. The van der Waals surface area contributed by atoms with E-state index in [-0.39, 0.29) is 17.8 Å². The van der Waals surface area contributed by atoms with Crippen molar-refractivity contribution in [1.29, 1.82) is 0 Å². The van der Waals surface area contributed by atoms with Gasteiger partial charge < -0.3 is 19.9 Å². The van der Waals surface area contributed by atoms with Gasteiger partial charge in [0.1, 0.15) is 6.10 Å². The number of benzene rings is 1. The molecular formula is C27H33FN4O2. The molecule has 0 saturated heterocycles. The molecule has 34 heavy (non-hydrogen) atoms. The van der Waals surface area contributed by atoms with Gasteiger partial charge in [-0.3, -0.25) is 9.78 Å². The molecule has 1 aliphatic carbocycles. The number of carbonyl (C=O) groups excluding carboxylic acids is 1. The Morgan fingerprint density at radius 1 is 1.26 bits per heavy atom. The number of fused-ring (bicyclic) bond motifs is 1. The van der Waals surface area contributed by atoms with Crippen LogP contribution < -0.4 is 15.0 Å². The Labute approximate surface area is 201 Å². The molecule has 1 N–H and O–H groups in total. The number of likely N-dealkylation sites (N-methyl/N-ethyl adjacent to an activating group) is 1. The van der Waals surface area contributed by atoms with Gasteiger partial charge in [-0.2, -0.15) is 0 Å². The lowest BCUT2D eigenvalue weighted by atomic mass is 10.0. The minimum atomic E-state index is -0.404. The molecule has 180 valence electrons. The number of anilines is 1. The molecule has 0 fully saturated rings. The molecule has 0 saturated carbocycles. The van der Waals surface area contributed by atoms with Crippen LogP contribution in [0.5, 0.6) is 5.75 Å². The zero-order valence-corrected chi connectivity index (χ0v) is 20.0. The van der Waals surface area contributed by atoms with Crippen molar-refractivity contribution in [3.63, 3.8) is 0 Å². The van der Waals surface area contributed by atoms with E-state index in [1.54, 1.807) is 23.4 Å². The molecule has 1 atom stereocenters. The van der Waals surface area contributed by atoms with Gasteiger partial charge in [-0.1, -0.05) is 24.3 Å². The number of nitrogens with one attached hydrogen (secondary N) is 1. The molecule has 1 aromatic carbocycles. The first-order valence-corrected chi connectivity index (χ1v) is 12.0. The molecule has 0 unspecified atom stereocenters. The topological polar surface area (TPSA) is 57.7 Å². The van der Waals surface area contributed by atoms with E-state index < -0.39 is 5.82 Å². The minimum absolute atomic E-state index is 0.0892. The number of amides is 1. The summed E-state index contributed by atoms with van der Waals surface area (Å²) in [6.45, 7) is 2.37. The van der Waals surface area contributed by atoms with Gasteiger partial charge in [0.15, 0.2) is 11.6 Å². The molecule has 2 heterocycles. The van der Waals surface area contributed by atoms with Crippen LogP contribution in [0.1, 0.15) is 41.6 Å². The Morgan fingerprint density at radius 2 is 2.15 bits per heavy atom. The molecule has 1 aromatic heterocycles. The largest absolute Gasteiger partial charge is 0.483 e. The fourth-order valence-corrected chi connectivity index (χ4v) is 4.47. The van der Waals surface area contributed by atoms with Crippen LogP contribution in [-0.4, -0.2) is 55.6 Å². The minimum Gasteiger partial charge on any atom is -0.483 e. The Balaban J connectivity index is 1.49. The third kappa shape index (κ3) is 5.65. The zero-order valence-electron chi connectivity index (χ0n) is 20.0. The third-order valence-corrected chi connectivity index (χ3v) is 6.42. The number of halogens is 1. The summed E-state index contributed by atoms with van der Waals surface area (Å²) >= 11 is 0. The molecular weight excluding hydrogens is 431 g/mol. The van der Waals surface area contributed by atoms with Gasteiger partial charge >= 0.3 is 0 Å². The molecule has 1 aliphatic heterocycles. The molecule has 2 aliphatic rings. The Kier molecular flexibility index (Phi) is 7.95. The smallest absolute Gasteiger partial charge is 0.257 e. The van der Waals surface area contributed by atoms with Crippen molar-refractivity contribution in [2.24, 2.45) is 0 Å². The molecule has 7 heteroatoms. The van der Waals surface area contributed by atoms with Crippen LogP contribution >= 0.6 is 0 Å². The molecule has 6 nitrogen and oxygen atoms in total. The summed E-state index contributed by atoms with van der Waals surface area (Å²) in [6.07, 6.45) is 13.3. The number of allylic oxidation sites excluding steroid dienone is 3. The summed E-state index contributed by atoms with van der Waals surface area (Å²) in [7, 11) is 3.87. The van der Waals surface area contributed by atoms with Gasteiger partial charge in [-0.25, -0.2) is 4.39 Å². The van der Waals surface area contributed by atoms with Crippen molar-refractivity contribution in [3.05, 3.63) is 77.4 Å². The first-order chi connectivity index (χ1) is 16.6. The second-order valence-corrected chi connectivity index (χ2v) is 8.87. The van der Waals surface area contributed by atoms with Gasteiger partial charge in [0.25, 0.3) is 5.91 Å². The lowest BCUT2D eigenvalue weighted by Crippen LogP contribution is -2.33. The van der Waals surface area contributed by atoms with Gasteiger partial charge in [-0.05, 0) is 62.2 Å². The van der Waals surface area contributed by atoms with Crippen LogP contribution in [0.3, 0.4) is 0 Å². The normalized spacial score (nSPS) is 17.0. The molecule has 4 rings (SSSR count). The highest BCUT2D eigenvalue weighted by Gasteiger charge is 2.25. The maximum atomic E-state index is 15.1. The summed E-state index contributed by atoms with van der Waals surface area (Å²) in [6, 6.07) is 6.87. The average molecular weight is 465 g/mol. The van der Waals surface area contributed by atoms with Gasteiger partial charge in [0.05, 0.1) is 11.3 Å². The van der Waals surface area contributed by atoms with Crippen molar-refractivity contribution in [3.8, 4) is 5.75 Å². The van der Waals surface area contributed by atoms with Crippen molar-refractivity contribution < 1.29 is 13.9 Å². The average Bonchev–Trinajstić information content (AvgIpc) is 3.19. The second-order valence-electron chi connectivity index (χ2n) is 8.87. The van der Waals surface area contributed by atoms with Crippen LogP contribution in [0.25, 0.3) is 0 Å². The fourth-order valence-electron chi connectivity index (χ4n) is 4.47. The third-order valence-electron chi connectivity index (χ3n) is 6.42. The SMILES string of the molecule is CNCC[C@H](Oc1ccc(CN2CCN(C)c3ccncc3C2=O)cc1F)C1=CC=CCCC1. The number of rotatable bonds is 8. The fraction of sp³-hybridized carbons (Fsp3) is 0.407. The first kappa shape index (κ1) is 24.0. The highest BCUT2D eigenvalue weighted by molar-refractivity contribution is 6.00. The molecule has 0 spiro atoms. The molecule has 2 aromatic rings. The van der Waals surface area contributed by atoms with Crippen LogP contribution in [0.4, 0.5) is 10.1 Å². The van der Waals surface area contributed by atoms with Crippen molar-refractivity contribution in [1.82, 2.24) is 15.2 Å². The Morgan fingerprint density at radius 3 is 2.97 bits per heavy atom. The van der Waals surface area contributed by atoms with Crippen LogP contribution in [-0.2, 0) is 6.54 Å². The number of carbonyl (C=O) groups is 1. The predicted octanol–water partition coefficient (Wildman–Crippen LogP) is 4.34. The monoisotopic (exact) mass is 464 g/mol. The standard InChI is InChI=1S/C27H33FN4O2/c1-29-13-12-25(21-7-5-3-4-6-8-21)34-26-10-9-20(17-23(26)28)19-32-16-15-31(2)24-11-14-30-18-22(24)27(32)33/h3,5,7,9-11,14,17-18,25,29H,4,6,8,12-13,15-16,19H2,1-2H3/t25-/m0/s1. The van der Waals surface area contributed by atoms with Gasteiger partial charge in [-0.15, -0.1) is 0 Å². The Hall–Kier alpha value is -3.19. The lowest BCUT2D eigenvalue weighted by molar-refractivity contribution is 0.0754. The predicted molar refractivity (Wildman–Crippen MR) is 133 cm³/mol. The quantitative estimate of drug-likeness (QED) is 0.630. The summed E-state index contributed by atoms with van der Waals surface area (Å²) in [4.78, 5) is 21.0. The number of ether oxygens (including phenoxy) is 1. The van der Waals surface area contributed by atoms with Crippen molar-refractivity contribution in [2.45, 2.75) is 38.3 Å². The summed E-state index contributed by atoms with van der Waals surface area (Å²) < 4.78 is 21.3. The lowest BCUT2D eigenvalue weighted by Gasteiger charge is -2.23. The molecule has 0 bridgehead atoms. The van der Waals surface area contributed by atoms with E-state index in [0.717, 1.165) is 43.5 Å². The first-order valence-electron chi connectivity index (χ1n) is 12.0. The Bertz CT molecular complexity index is 1070. The van der Waals surface area contributed by atoms with E-state index in [0.29, 0.717) is 25.2 Å². The zero-order chi connectivity index (χ0) is 23.9. The van der Waals surface area contributed by atoms with E-state index in [2.05, 4.69) is 33.4 Å². The van der Waals surface area contributed by atoms with Crippen molar-refractivity contribution in [2.75, 3.05) is 38.6 Å². The number of hydrogen-bond acceptors (Lipinski definition) is 5. The van der Waals surface area contributed by atoms with E-state index >= 15 is 4.39 Å². The van der Waals surface area contributed by atoms with E-state index in [9.17, 15) is 4.79 Å². The van der Waals surface area contributed by atoms with E-state index in [4.69, 9.17) is 4.74 Å². The number of aromatic nitrogens is 1. The van der Waals surface area contributed by atoms with E-state index in [1.165, 1.54) is 11.6 Å². The number of hydrogen-bond donors (Lipinski definition) is 1. The highest BCUT2D eigenvalue weighted by atomic mass is 19.1. The molecule has 1 amide bonds. The highest BCUT2D eigenvalue weighted by Crippen LogP contribution is 2.28. The second kappa shape index (κ2) is 11.3. The summed E-state index contributed by atoms with van der Waals surface area (Å²) in [5.41, 5.74) is 3.37. The maximum absolute atomic E-state index is 15.1. The number of pyridine rings is 1. The summed E-state index contributed by atoms with van der Waals surface area (Å²) in [5.74, 6) is -0.248. The number of nitrogens with zero attached hydrogens (tertiary/aromatic N) is 3. The molecule has 0 radical (unpaired) electrons. The van der Waals surface area contributed by atoms with Crippen molar-refractivity contribution >= 4 is 11.6 Å². The van der Waals surface area contributed by atoms with Crippen LogP contribution in [0.15, 0.2) is 60.5 Å². The van der Waals surface area contributed by atoms with E-state index in [1.807, 2.05) is 26.2 Å². The van der Waals surface area contributed by atoms with Crippen LogP contribution in [0, 0.1) is 5.82 Å². The van der Waals surface area contributed by atoms with Crippen LogP contribution in [0.2, 0.25) is 0 Å². The van der Waals surface area contributed by atoms with Gasteiger partial charge in [0, 0.05) is 45.5 Å². The summed E-state index contributed by atoms with van der Waals surface area (Å²) in [5, 5.41) is 3.16. The van der Waals surface area contributed by atoms with Gasteiger partial charge in [0.2, 0.25) is 0 Å².